The lowest BCUT2D eigenvalue weighted by Gasteiger charge is -2.32. The molecule has 1 aliphatic rings. The number of carbonyl (C=O) groups is 1. The van der Waals surface area contributed by atoms with E-state index in [2.05, 4.69) is 30.1 Å². The zero-order valence-corrected chi connectivity index (χ0v) is 16.6. The Bertz CT molecular complexity index is 954. The van der Waals surface area contributed by atoms with Crippen LogP contribution in [0.3, 0.4) is 0 Å². The van der Waals surface area contributed by atoms with E-state index in [1.807, 2.05) is 46.9 Å². The quantitative estimate of drug-likeness (QED) is 0.659. The van der Waals surface area contributed by atoms with Gasteiger partial charge in [-0.1, -0.05) is 19.1 Å². The Morgan fingerprint density at radius 2 is 1.89 bits per heavy atom. The first-order chi connectivity index (χ1) is 13.7. The molecule has 0 bridgehead atoms. The van der Waals surface area contributed by atoms with E-state index in [9.17, 15) is 4.79 Å². The second-order valence-electron chi connectivity index (χ2n) is 7.48. The van der Waals surface area contributed by atoms with Gasteiger partial charge in [0.05, 0.1) is 0 Å². The number of likely N-dealkylation sites (tertiary alicyclic amines) is 1. The van der Waals surface area contributed by atoms with E-state index >= 15 is 0 Å². The van der Waals surface area contributed by atoms with Crippen LogP contribution in [0.2, 0.25) is 0 Å². The molecule has 0 unspecified atom stereocenters. The Labute approximate surface area is 166 Å². The highest BCUT2D eigenvalue weighted by Crippen LogP contribution is 2.28. The van der Waals surface area contributed by atoms with Crippen molar-refractivity contribution in [3.8, 4) is 16.9 Å². The monoisotopic (exact) mass is 377 g/mol. The fourth-order valence-corrected chi connectivity index (χ4v) is 3.94. The lowest BCUT2D eigenvalue weighted by atomic mass is 10.0. The largest absolute Gasteiger partial charge is 0.490 e. The molecule has 1 aliphatic heterocycles. The summed E-state index contributed by atoms with van der Waals surface area (Å²) in [6.45, 7) is 5.75. The minimum atomic E-state index is 0.180. The Balaban J connectivity index is 1.40. The zero-order chi connectivity index (χ0) is 19.5. The van der Waals surface area contributed by atoms with E-state index in [1.54, 1.807) is 0 Å². The number of ether oxygens (including phenoxy) is 1. The second-order valence-corrected chi connectivity index (χ2v) is 7.48. The molecule has 0 radical (unpaired) electrons. The van der Waals surface area contributed by atoms with Crippen molar-refractivity contribution in [2.75, 3.05) is 13.1 Å². The molecule has 1 saturated heterocycles. The number of nitrogens with zero attached hydrogens (tertiary/aromatic N) is 3. The van der Waals surface area contributed by atoms with Crippen LogP contribution in [0.15, 0.2) is 48.9 Å². The van der Waals surface area contributed by atoms with Crippen LogP contribution in [0, 0.1) is 6.92 Å². The molecule has 3 heterocycles. The number of aryl methyl sites for hydroxylation is 1. The molecule has 1 fully saturated rings. The molecular weight excluding hydrogens is 350 g/mol. The number of pyridine rings is 1. The van der Waals surface area contributed by atoms with Crippen molar-refractivity contribution in [3.05, 3.63) is 54.5 Å². The Kier molecular flexibility index (Phi) is 5.33. The molecule has 0 saturated carbocycles. The fraction of sp³-hybridized carbons (Fsp3) is 0.391. The van der Waals surface area contributed by atoms with Crippen LogP contribution >= 0.6 is 0 Å². The van der Waals surface area contributed by atoms with E-state index in [1.165, 1.54) is 11.1 Å². The summed E-state index contributed by atoms with van der Waals surface area (Å²) in [6, 6.07) is 10.4. The standard InChI is InChI=1S/C23H27N3O2/c1-3-4-22(27)25-13-9-20(10-14-25)28-19-7-5-18(6-8-19)21-11-15-26-16-12-24-23(26)17(21)2/h5-8,11-12,15-16,20H,3-4,9-10,13-14H2,1-2H3. The molecule has 5 heteroatoms. The Morgan fingerprint density at radius 1 is 1.14 bits per heavy atom. The fourth-order valence-electron chi connectivity index (χ4n) is 3.94. The van der Waals surface area contributed by atoms with Crippen LogP contribution < -0.4 is 4.74 Å². The summed E-state index contributed by atoms with van der Waals surface area (Å²) in [4.78, 5) is 18.4. The van der Waals surface area contributed by atoms with Gasteiger partial charge in [-0.2, -0.15) is 0 Å². The van der Waals surface area contributed by atoms with Crippen molar-refractivity contribution in [2.24, 2.45) is 0 Å². The third-order valence-electron chi connectivity index (χ3n) is 5.54. The summed E-state index contributed by atoms with van der Waals surface area (Å²) in [5, 5.41) is 0. The average molecular weight is 377 g/mol. The topological polar surface area (TPSA) is 46.8 Å². The van der Waals surface area contributed by atoms with Gasteiger partial charge in [0.2, 0.25) is 5.91 Å². The SMILES string of the molecule is CCCC(=O)N1CCC(Oc2ccc(-c3ccn4ccnc4c3C)cc2)CC1. The third-order valence-corrected chi connectivity index (χ3v) is 5.54. The zero-order valence-electron chi connectivity index (χ0n) is 16.6. The highest BCUT2D eigenvalue weighted by Gasteiger charge is 2.23. The molecule has 0 atom stereocenters. The van der Waals surface area contributed by atoms with Gasteiger partial charge in [-0.05, 0) is 42.7 Å². The highest BCUT2D eigenvalue weighted by molar-refractivity contribution is 5.76. The van der Waals surface area contributed by atoms with Crippen molar-refractivity contribution in [1.29, 1.82) is 0 Å². The summed E-state index contributed by atoms with van der Waals surface area (Å²) in [5.74, 6) is 1.16. The normalized spacial score (nSPS) is 15.1. The van der Waals surface area contributed by atoms with Gasteiger partial charge in [-0.25, -0.2) is 4.98 Å². The number of amides is 1. The van der Waals surface area contributed by atoms with E-state index in [0.29, 0.717) is 6.42 Å². The van der Waals surface area contributed by atoms with Crippen molar-refractivity contribution < 1.29 is 9.53 Å². The molecule has 2 aromatic heterocycles. The number of carbonyl (C=O) groups excluding carboxylic acids is 1. The lowest BCUT2D eigenvalue weighted by Crippen LogP contribution is -2.41. The number of hydrogen-bond donors (Lipinski definition) is 0. The summed E-state index contributed by atoms with van der Waals surface area (Å²) < 4.78 is 8.20. The van der Waals surface area contributed by atoms with Gasteiger partial charge in [0.1, 0.15) is 17.5 Å². The Morgan fingerprint density at radius 3 is 2.61 bits per heavy atom. The van der Waals surface area contributed by atoms with Gasteiger partial charge in [-0.3, -0.25) is 4.79 Å². The second kappa shape index (κ2) is 8.05. The summed E-state index contributed by atoms with van der Waals surface area (Å²) in [5.41, 5.74) is 4.51. The van der Waals surface area contributed by atoms with Gasteiger partial charge < -0.3 is 14.0 Å². The smallest absolute Gasteiger partial charge is 0.222 e. The van der Waals surface area contributed by atoms with Crippen molar-refractivity contribution in [3.63, 3.8) is 0 Å². The maximum atomic E-state index is 12.0. The minimum Gasteiger partial charge on any atom is -0.490 e. The summed E-state index contributed by atoms with van der Waals surface area (Å²) in [7, 11) is 0. The first kappa shape index (κ1) is 18.5. The van der Waals surface area contributed by atoms with Crippen molar-refractivity contribution in [2.45, 2.75) is 45.6 Å². The number of rotatable bonds is 5. The van der Waals surface area contributed by atoms with Crippen LogP contribution in [0.5, 0.6) is 5.75 Å². The number of aromatic nitrogens is 2. The first-order valence-electron chi connectivity index (χ1n) is 10.1. The number of hydrogen-bond acceptors (Lipinski definition) is 3. The van der Waals surface area contributed by atoms with E-state index in [4.69, 9.17) is 4.74 Å². The van der Waals surface area contributed by atoms with Crippen LogP contribution in [0.4, 0.5) is 0 Å². The van der Waals surface area contributed by atoms with Crippen LogP contribution in [0.1, 0.15) is 38.2 Å². The van der Waals surface area contributed by atoms with Crippen LogP contribution in [0.25, 0.3) is 16.8 Å². The number of benzene rings is 1. The first-order valence-corrected chi connectivity index (χ1v) is 10.1. The van der Waals surface area contributed by atoms with Crippen LogP contribution in [-0.4, -0.2) is 39.4 Å². The average Bonchev–Trinajstić information content (AvgIpc) is 3.20. The predicted octanol–water partition coefficient (Wildman–Crippen LogP) is 4.48. The van der Waals surface area contributed by atoms with Gasteiger partial charge in [0.25, 0.3) is 0 Å². The minimum absolute atomic E-state index is 0.180. The van der Waals surface area contributed by atoms with E-state index in [0.717, 1.165) is 49.3 Å². The summed E-state index contributed by atoms with van der Waals surface area (Å²) in [6.07, 6.45) is 9.36. The molecular formula is C23H27N3O2. The van der Waals surface area contributed by atoms with E-state index < -0.39 is 0 Å². The lowest BCUT2D eigenvalue weighted by molar-refractivity contribution is -0.133. The molecule has 0 N–H and O–H groups in total. The number of imidazole rings is 1. The number of piperidine rings is 1. The highest BCUT2D eigenvalue weighted by atomic mass is 16.5. The summed E-state index contributed by atoms with van der Waals surface area (Å²) >= 11 is 0. The molecule has 5 nitrogen and oxygen atoms in total. The van der Waals surface area contributed by atoms with Gasteiger partial charge in [0, 0.05) is 56.5 Å². The molecule has 28 heavy (non-hydrogen) atoms. The maximum absolute atomic E-state index is 12.0. The molecule has 4 rings (SSSR count). The van der Waals surface area contributed by atoms with Gasteiger partial charge in [-0.15, -0.1) is 0 Å². The molecule has 1 amide bonds. The maximum Gasteiger partial charge on any atom is 0.222 e. The molecule has 3 aromatic rings. The molecule has 146 valence electrons. The molecule has 0 spiro atoms. The number of fused-ring (bicyclic) bond motifs is 1. The predicted molar refractivity (Wildman–Crippen MR) is 111 cm³/mol. The Hall–Kier alpha value is -2.82. The van der Waals surface area contributed by atoms with Crippen molar-refractivity contribution >= 4 is 11.6 Å². The molecule has 0 aliphatic carbocycles. The molecule has 1 aromatic carbocycles. The van der Waals surface area contributed by atoms with Gasteiger partial charge >= 0.3 is 0 Å². The van der Waals surface area contributed by atoms with Crippen LogP contribution in [-0.2, 0) is 4.79 Å². The van der Waals surface area contributed by atoms with Crippen molar-refractivity contribution in [1.82, 2.24) is 14.3 Å². The van der Waals surface area contributed by atoms with Gasteiger partial charge in [0.15, 0.2) is 0 Å². The third kappa shape index (κ3) is 3.75. The van der Waals surface area contributed by atoms with E-state index in [-0.39, 0.29) is 12.0 Å².